The summed E-state index contributed by atoms with van der Waals surface area (Å²) in [6.07, 6.45) is -0.717. The van der Waals surface area contributed by atoms with Crippen molar-refractivity contribution in [3.8, 4) is 11.5 Å². The molecule has 6 heteroatoms. The maximum Gasteiger partial charge on any atom is 0.269 e. The fourth-order valence-electron chi connectivity index (χ4n) is 2.33. The number of fused-ring (bicyclic) bond motifs is 1. The predicted molar refractivity (Wildman–Crippen MR) is 99.5 cm³/mol. The van der Waals surface area contributed by atoms with Crippen LogP contribution >= 0.6 is 0 Å². The smallest absolute Gasteiger partial charge is 0.269 e. The van der Waals surface area contributed by atoms with Gasteiger partial charge in [-0.05, 0) is 36.4 Å². The van der Waals surface area contributed by atoms with E-state index in [9.17, 15) is 9.59 Å². The number of rotatable bonds is 3. The molecule has 0 saturated carbocycles. The predicted octanol–water partition coefficient (Wildman–Crippen LogP) is 3.45. The maximum absolute atomic E-state index is 12.4. The molecular weight excluding hydrogens is 332 g/mol. The minimum absolute atomic E-state index is 0.0688. The number of nitrogens with one attached hydrogen (secondary N) is 2. The Morgan fingerprint density at radius 2 is 1.50 bits per heavy atom. The Morgan fingerprint density at radius 3 is 2.12 bits per heavy atom. The molecule has 0 aliphatic carbocycles. The Bertz CT molecular complexity index is 809. The number of amides is 2. The first-order valence-electron chi connectivity index (χ1n) is 8.44. The van der Waals surface area contributed by atoms with E-state index in [1.165, 1.54) is 0 Å². The van der Waals surface area contributed by atoms with Crippen LogP contribution < -0.4 is 20.1 Å². The molecule has 1 heterocycles. The summed E-state index contributed by atoms with van der Waals surface area (Å²) in [6.45, 7) is 5.70. The van der Waals surface area contributed by atoms with Crippen molar-refractivity contribution in [2.24, 2.45) is 5.41 Å². The fraction of sp³-hybridized carbons (Fsp3) is 0.300. The normalized spacial score (nSPS) is 15.9. The fourth-order valence-corrected chi connectivity index (χ4v) is 2.33. The third kappa shape index (κ3) is 4.14. The second-order valence-corrected chi connectivity index (χ2v) is 7.13. The van der Waals surface area contributed by atoms with Crippen LogP contribution in [0.15, 0.2) is 48.5 Å². The molecule has 0 saturated heterocycles. The Balaban J connectivity index is 1.59. The number of hydrogen-bond donors (Lipinski definition) is 2. The van der Waals surface area contributed by atoms with Crippen LogP contribution in [0.1, 0.15) is 20.8 Å². The number of hydrogen-bond acceptors (Lipinski definition) is 4. The second kappa shape index (κ2) is 7.07. The highest BCUT2D eigenvalue weighted by Crippen LogP contribution is 2.31. The van der Waals surface area contributed by atoms with Gasteiger partial charge in [0.25, 0.3) is 5.91 Å². The molecule has 0 aromatic heterocycles. The molecule has 26 heavy (non-hydrogen) atoms. The monoisotopic (exact) mass is 354 g/mol. The first-order chi connectivity index (χ1) is 12.3. The molecule has 2 aromatic carbocycles. The van der Waals surface area contributed by atoms with Crippen molar-refractivity contribution >= 4 is 23.2 Å². The number of carbonyl (C=O) groups excluding carboxylic acids is 2. The van der Waals surface area contributed by atoms with Crippen LogP contribution in [0.2, 0.25) is 0 Å². The van der Waals surface area contributed by atoms with Crippen LogP contribution in [0.5, 0.6) is 11.5 Å². The second-order valence-electron chi connectivity index (χ2n) is 7.13. The van der Waals surface area contributed by atoms with Gasteiger partial charge >= 0.3 is 0 Å². The van der Waals surface area contributed by atoms with Gasteiger partial charge in [-0.3, -0.25) is 9.59 Å². The molecule has 2 aromatic rings. The van der Waals surface area contributed by atoms with Crippen molar-refractivity contribution in [2.75, 3.05) is 17.2 Å². The maximum atomic E-state index is 12.4. The van der Waals surface area contributed by atoms with Gasteiger partial charge in [-0.25, -0.2) is 0 Å². The summed E-state index contributed by atoms with van der Waals surface area (Å²) in [4.78, 5) is 24.4. The van der Waals surface area contributed by atoms with E-state index in [0.717, 1.165) is 0 Å². The van der Waals surface area contributed by atoms with Crippen LogP contribution in [0.25, 0.3) is 0 Å². The molecule has 0 fully saturated rings. The van der Waals surface area contributed by atoms with E-state index in [4.69, 9.17) is 9.47 Å². The Morgan fingerprint density at radius 1 is 0.923 bits per heavy atom. The van der Waals surface area contributed by atoms with E-state index < -0.39 is 11.5 Å². The summed E-state index contributed by atoms with van der Waals surface area (Å²) in [5.41, 5.74) is 0.821. The molecule has 2 N–H and O–H groups in total. The zero-order valence-corrected chi connectivity index (χ0v) is 15.0. The SMILES string of the molecule is CC(C)(C)C(=O)Nc1ccc(NC(=O)[C@@H]2COc3ccccc3O2)cc1. The molecule has 0 radical (unpaired) electrons. The van der Waals surface area contributed by atoms with E-state index >= 15 is 0 Å². The molecule has 1 atom stereocenters. The number of benzene rings is 2. The number of para-hydroxylation sites is 2. The first-order valence-corrected chi connectivity index (χ1v) is 8.44. The van der Waals surface area contributed by atoms with Crippen molar-refractivity contribution in [1.29, 1.82) is 0 Å². The van der Waals surface area contributed by atoms with Crippen LogP contribution in [-0.2, 0) is 9.59 Å². The lowest BCUT2D eigenvalue weighted by Gasteiger charge is -2.25. The lowest BCUT2D eigenvalue weighted by Crippen LogP contribution is -2.40. The molecule has 0 bridgehead atoms. The molecule has 136 valence electrons. The Labute approximate surface area is 152 Å². The van der Waals surface area contributed by atoms with Gasteiger partial charge in [0.1, 0.15) is 6.61 Å². The standard InChI is InChI=1S/C20H22N2O4/c1-20(2,3)19(24)22-14-10-8-13(9-11-14)21-18(23)17-12-25-15-6-4-5-7-16(15)26-17/h4-11,17H,12H2,1-3H3,(H,21,23)(H,22,24)/t17-/m0/s1. The lowest BCUT2D eigenvalue weighted by molar-refractivity contribution is -0.125. The Kier molecular flexibility index (Phi) is 4.84. The van der Waals surface area contributed by atoms with Crippen molar-refractivity contribution in [3.63, 3.8) is 0 Å². The van der Waals surface area contributed by atoms with E-state index in [0.29, 0.717) is 22.9 Å². The van der Waals surface area contributed by atoms with Gasteiger partial charge < -0.3 is 20.1 Å². The summed E-state index contributed by atoms with van der Waals surface area (Å²) in [5.74, 6) is 0.835. The zero-order valence-electron chi connectivity index (χ0n) is 15.0. The van der Waals surface area contributed by atoms with E-state index in [2.05, 4.69) is 10.6 Å². The van der Waals surface area contributed by atoms with Gasteiger partial charge in [0.2, 0.25) is 12.0 Å². The highest BCUT2D eigenvalue weighted by atomic mass is 16.6. The lowest BCUT2D eigenvalue weighted by atomic mass is 9.95. The molecule has 0 spiro atoms. The summed E-state index contributed by atoms with van der Waals surface area (Å²) in [6, 6.07) is 14.2. The molecule has 0 unspecified atom stereocenters. The first kappa shape index (κ1) is 17.8. The van der Waals surface area contributed by atoms with E-state index in [1.54, 1.807) is 36.4 Å². The highest BCUT2D eigenvalue weighted by molar-refractivity contribution is 5.96. The van der Waals surface area contributed by atoms with Crippen LogP contribution in [0, 0.1) is 5.41 Å². The number of carbonyl (C=O) groups is 2. The summed E-state index contributed by atoms with van der Waals surface area (Å²) >= 11 is 0. The van der Waals surface area contributed by atoms with Crippen LogP contribution in [0.4, 0.5) is 11.4 Å². The van der Waals surface area contributed by atoms with Crippen molar-refractivity contribution < 1.29 is 19.1 Å². The highest BCUT2D eigenvalue weighted by Gasteiger charge is 2.27. The van der Waals surface area contributed by atoms with Gasteiger partial charge in [-0.2, -0.15) is 0 Å². The van der Waals surface area contributed by atoms with Gasteiger partial charge in [0.15, 0.2) is 11.5 Å². The topological polar surface area (TPSA) is 76.7 Å². The number of ether oxygens (including phenoxy) is 2. The molecule has 1 aliphatic heterocycles. The van der Waals surface area contributed by atoms with E-state index in [1.807, 2.05) is 32.9 Å². The summed E-state index contributed by atoms with van der Waals surface area (Å²) in [7, 11) is 0. The van der Waals surface area contributed by atoms with Crippen molar-refractivity contribution in [2.45, 2.75) is 26.9 Å². The van der Waals surface area contributed by atoms with E-state index in [-0.39, 0.29) is 18.4 Å². The summed E-state index contributed by atoms with van der Waals surface area (Å²) in [5, 5.41) is 5.64. The molecule has 3 rings (SSSR count). The third-order valence-electron chi connectivity index (χ3n) is 3.89. The van der Waals surface area contributed by atoms with Crippen molar-refractivity contribution in [3.05, 3.63) is 48.5 Å². The minimum atomic E-state index is -0.717. The number of anilines is 2. The molecule has 2 amide bonds. The van der Waals surface area contributed by atoms with Crippen LogP contribution in [0.3, 0.4) is 0 Å². The van der Waals surface area contributed by atoms with Gasteiger partial charge in [0.05, 0.1) is 0 Å². The van der Waals surface area contributed by atoms with Crippen LogP contribution in [-0.4, -0.2) is 24.5 Å². The quantitative estimate of drug-likeness (QED) is 0.885. The largest absolute Gasteiger partial charge is 0.485 e. The van der Waals surface area contributed by atoms with Gasteiger partial charge in [0, 0.05) is 16.8 Å². The zero-order chi connectivity index (χ0) is 18.7. The molecule has 1 aliphatic rings. The van der Waals surface area contributed by atoms with Crippen molar-refractivity contribution in [1.82, 2.24) is 0 Å². The Hall–Kier alpha value is -3.02. The van der Waals surface area contributed by atoms with Gasteiger partial charge in [-0.15, -0.1) is 0 Å². The summed E-state index contributed by atoms with van der Waals surface area (Å²) < 4.78 is 11.2. The minimum Gasteiger partial charge on any atom is -0.485 e. The van der Waals surface area contributed by atoms with Gasteiger partial charge in [-0.1, -0.05) is 32.9 Å². The molecular formula is C20H22N2O4. The average Bonchev–Trinajstić information content (AvgIpc) is 2.62. The molecule has 6 nitrogen and oxygen atoms in total. The third-order valence-corrected chi connectivity index (χ3v) is 3.89. The average molecular weight is 354 g/mol.